The molecule has 2 aliphatic rings. The van der Waals surface area contributed by atoms with E-state index in [9.17, 15) is 8.42 Å². The topological polar surface area (TPSA) is 49.4 Å². The molecule has 2 aliphatic heterocycles. The Bertz CT molecular complexity index is 365. The van der Waals surface area contributed by atoms with E-state index < -0.39 is 9.84 Å². The number of sulfone groups is 1. The van der Waals surface area contributed by atoms with Gasteiger partial charge in [-0.1, -0.05) is 13.8 Å². The molecule has 1 atom stereocenters. The summed E-state index contributed by atoms with van der Waals surface area (Å²) in [6.07, 6.45) is 1.87. The lowest BCUT2D eigenvalue weighted by atomic mass is 9.92. The molecule has 0 saturated carbocycles. The summed E-state index contributed by atoms with van der Waals surface area (Å²) in [5.41, 5.74) is 0.234. The third-order valence-corrected chi connectivity index (χ3v) is 5.57. The van der Waals surface area contributed by atoms with Crippen LogP contribution in [-0.4, -0.2) is 57.0 Å². The van der Waals surface area contributed by atoms with Gasteiger partial charge < -0.3 is 5.32 Å². The van der Waals surface area contributed by atoms with Gasteiger partial charge in [0.2, 0.25) is 0 Å². The van der Waals surface area contributed by atoms with Gasteiger partial charge in [-0.05, 0) is 18.3 Å². The maximum Gasteiger partial charge on any atom is 0.151 e. The molecule has 0 aliphatic carbocycles. The van der Waals surface area contributed by atoms with Crippen LogP contribution in [0.25, 0.3) is 0 Å². The molecule has 0 aromatic carbocycles. The third kappa shape index (κ3) is 3.66. The van der Waals surface area contributed by atoms with Gasteiger partial charge in [0.05, 0.1) is 11.5 Å². The van der Waals surface area contributed by atoms with Crippen molar-refractivity contribution in [3.05, 3.63) is 0 Å². The van der Waals surface area contributed by atoms with Crippen LogP contribution in [0.2, 0.25) is 0 Å². The zero-order valence-corrected chi connectivity index (χ0v) is 11.7. The van der Waals surface area contributed by atoms with E-state index in [1.165, 1.54) is 0 Å². The molecular formula is C12H24N2O2S. The second-order valence-electron chi connectivity index (χ2n) is 6.22. The summed E-state index contributed by atoms with van der Waals surface area (Å²) in [5, 5.41) is 3.44. The van der Waals surface area contributed by atoms with Crippen LogP contribution < -0.4 is 5.32 Å². The molecule has 1 unspecified atom stereocenters. The molecular weight excluding hydrogens is 236 g/mol. The van der Waals surface area contributed by atoms with Crippen molar-refractivity contribution in [1.82, 2.24) is 10.2 Å². The van der Waals surface area contributed by atoms with Gasteiger partial charge in [-0.15, -0.1) is 0 Å². The Morgan fingerprint density at radius 1 is 1.35 bits per heavy atom. The molecule has 2 heterocycles. The molecule has 17 heavy (non-hydrogen) atoms. The first kappa shape index (κ1) is 13.3. The van der Waals surface area contributed by atoms with E-state index in [-0.39, 0.29) is 11.5 Å². The maximum atomic E-state index is 11.7. The van der Waals surface area contributed by atoms with Crippen LogP contribution in [0.15, 0.2) is 0 Å². The first-order chi connectivity index (χ1) is 7.88. The molecule has 5 heteroatoms. The summed E-state index contributed by atoms with van der Waals surface area (Å²) in [4.78, 5) is 2.39. The fourth-order valence-electron chi connectivity index (χ4n) is 2.93. The molecule has 4 nitrogen and oxygen atoms in total. The van der Waals surface area contributed by atoms with E-state index in [1.807, 2.05) is 0 Å². The van der Waals surface area contributed by atoms with Gasteiger partial charge in [0.25, 0.3) is 0 Å². The van der Waals surface area contributed by atoms with E-state index in [1.54, 1.807) is 0 Å². The highest BCUT2D eigenvalue weighted by atomic mass is 32.2. The van der Waals surface area contributed by atoms with E-state index >= 15 is 0 Å². The number of hydrogen-bond donors (Lipinski definition) is 1. The van der Waals surface area contributed by atoms with Crippen molar-refractivity contribution in [2.24, 2.45) is 5.41 Å². The molecule has 100 valence electrons. The average Bonchev–Trinajstić information content (AvgIpc) is 2.37. The Hall–Kier alpha value is -0.130. The predicted molar refractivity (Wildman–Crippen MR) is 69.9 cm³/mol. The number of rotatable bonds is 1. The van der Waals surface area contributed by atoms with Gasteiger partial charge >= 0.3 is 0 Å². The van der Waals surface area contributed by atoms with E-state index in [2.05, 4.69) is 24.1 Å². The molecule has 2 rings (SSSR count). The summed E-state index contributed by atoms with van der Waals surface area (Å²) in [6, 6.07) is 0.243. The average molecular weight is 260 g/mol. The van der Waals surface area contributed by atoms with E-state index in [0.717, 1.165) is 39.0 Å². The number of nitrogens with one attached hydrogen (secondary N) is 1. The molecule has 0 amide bonds. The fraction of sp³-hybridized carbons (Fsp3) is 1.00. The minimum absolute atomic E-state index is 0.234. The number of hydrogen-bond acceptors (Lipinski definition) is 4. The summed E-state index contributed by atoms with van der Waals surface area (Å²) in [7, 11) is -2.79. The molecule has 0 bridgehead atoms. The Morgan fingerprint density at radius 2 is 2.12 bits per heavy atom. The SMILES string of the molecule is CC1(C)CNCCN(C2CCCS(=O)(=O)C2)C1. The van der Waals surface area contributed by atoms with Gasteiger partial charge in [-0.25, -0.2) is 8.42 Å². The molecule has 0 aromatic heterocycles. The van der Waals surface area contributed by atoms with Crippen molar-refractivity contribution >= 4 is 9.84 Å². The fourth-order valence-corrected chi connectivity index (χ4v) is 4.67. The smallest absolute Gasteiger partial charge is 0.151 e. The third-order valence-electron chi connectivity index (χ3n) is 3.77. The van der Waals surface area contributed by atoms with Crippen LogP contribution >= 0.6 is 0 Å². The molecule has 0 radical (unpaired) electrons. The number of nitrogens with zero attached hydrogens (tertiary/aromatic N) is 1. The monoisotopic (exact) mass is 260 g/mol. The highest BCUT2D eigenvalue weighted by molar-refractivity contribution is 7.91. The lowest BCUT2D eigenvalue weighted by Crippen LogP contribution is -2.47. The van der Waals surface area contributed by atoms with Crippen LogP contribution in [0.4, 0.5) is 0 Å². The van der Waals surface area contributed by atoms with Crippen molar-refractivity contribution in [2.45, 2.75) is 32.7 Å². The predicted octanol–water partition coefficient (Wildman–Crippen LogP) is 0.495. The van der Waals surface area contributed by atoms with Crippen molar-refractivity contribution < 1.29 is 8.42 Å². The largest absolute Gasteiger partial charge is 0.315 e. The van der Waals surface area contributed by atoms with Gasteiger partial charge in [-0.2, -0.15) is 0 Å². The quantitative estimate of drug-likeness (QED) is 0.746. The van der Waals surface area contributed by atoms with Gasteiger partial charge in [0.15, 0.2) is 9.84 Å². The summed E-state index contributed by atoms with van der Waals surface area (Å²) < 4.78 is 23.4. The zero-order chi connectivity index (χ0) is 12.5. The van der Waals surface area contributed by atoms with Crippen LogP contribution in [0, 0.1) is 5.41 Å². The lowest BCUT2D eigenvalue weighted by Gasteiger charge is -2.36. The normalized spacial score (nSPS) is 34.1. The lowest BCUT2D eigenvalue weighted by molar-refractivity contribution is 0.153. The summed E-state index contributed by atoms with van der Waals surface area (Å²) in [6.45, 7) is 8.46. The minimum atomic E-state index is -2.79. The van der Waals surface area contributed by atoms with Gasteiger partial charge in [0.1, 0.15) is 0 Å². The Morgan fingerprint density at radius 3 is 2.82 bits per heavy atom. The molecule has 2 saturated heterocycles. The van der Waals surface area contributed by atoms with Crippen molar-refractivity contribution in [3.8, 4) is 0 Å². The first-order valence-electron chi connectivity index (χ1n) is 6.53. The van der Waals surface area contributed by atoms with Crippen molar-refractivity contribution in [2.75, 3.05) is 37.7 Å². The van der Waals surface area contributed by atoms with E-state index in [0.29, 0.717) is 11.5 Å². The second-order valence-corrected chi connectivity index (χ2v) is 8.45. The molecule has 0 aromatic rings. The van der Waals surface area contributed by atoms with Gasteiger partial charge in [-0.3, -0.25) is 4.90 Å². The standard InChI is InChI=1S/C12H24N2O2S/c1-12(2)9-13-5-6-14(10-12)11-4-3-7-17(15,16)8-11/h11,13H,3-10H2,1-2H3. The van der Waals surface area contributed by atoms with Crippen LogP contribution in [-0.2, 0) is 9.84 Å². The minimum Gasteiger partial charge on any atom is -0.315 e. The zero-order valence-electron chi connectivity index (χ0n) is 10.9. The highest BCUT2D eigenvalue weighted by Gasteiger charge is 2.33. The Balaban J connectivity index is 2.05. The van der Waals surface area contributed by atoms with Crippen molar-refractivity contribution in [1.29, 1.82) is 0 Å². The maximum absolute atomic E-state index is 11.7. The summed E-state index contributed by atoms with van der Waals surface area (Å²) in [5.74, 6) is 0.752. The van der Waals surface area contributed by atoms with Crippen LogP contribution in [0.1, 0.15) is 26.7 Å². The first-order valence-corrected chi connectivity index (χ1v) is 8.35. The molecule has 0 spiro atoms. The molecule has 1 N–H and O–H groups in total. The summed E-state index contributed by atoms with van der Waals surface area (Å²) >= 11 is 0. The van der Waals surface area contributed by atoms with Crippen molar-refractivity contribution in [3.63, 3.8) is 0 Å². The second kappa shape index (κ2) is 4.86. The Labute approximate surface area is 105 Å². The highest BCUT2D eigenvalue weighted by Crippen LogP contribution is 2.24. The van der Waals surface area contributed by atoms with E-state index in [4.69, 9.17) is 0 Å². The van der Waals surface area contributed by atoms with Crippen LogP contribution in [0.3, 0.4) is 0 Å². The molecule has 2 fully saturated rings. The Kier molecular flexibility index (Phi) is 3.80. The van der Waals surface area contributed by atoms with Crippen LogP contribution in [0.5, 0.6) is 0 Å². The van der Waals surface area contributed by atoms with Gasteiger partial charge in [0, 0.05) is 32.2 Å².